The number of carbonyl (C=O) groups is 2. The Hall–Kier alpha value is -3.22. The van der Waals surface area contributed by atoms with Gasteiger partial charge in [-0.25, -0.2) is 13.6 Å². The second-order valence-electron chi connectivity index (χ2n) is 5.56. The molecule has 3 N–H and O–H groups in total. The smallest absolute Gasteiger partial charge is 0.319 e. The molecule has 2 aromatic rings. The average Bonchev–Trinajstić information content (AvgIpc) is 2.57. The highest BCUT2D eigenvalue weighted by Crippen LogP contribution is 2.28. The number of nitrogens with one attached hydrogen (secondary N) is 3. The van der Waals surface area contributed by atoms with E-state index in [0.29, 0.717) is 17.3 Å². The van der Waals surface area contributed by atoms with Gasteiger partial charge >= 0.3 is 6.03 Å². The summed E-state index contributed by atoms with van der Waals surface area (Å²) in [7, 11) is 0. The molecule has 3 rings (SSSR count). The molecule has 7 heteroatoms. The van der Waals surface area contributed by atoms with Gasteiger partial charge in [0.25, 0.3) is 5.91 Å². The van der Waals surface area contributed by atoms with Crippen LogP contribution >= 0.6 is 0 Å². The summed E-state index contributed by atoms with van der Waals surface area (Å²) >= 11 is 0. The number of rotatable bonds is 3. The molecule has 0 unspecified atom stereocenters. The third-order valence-electron chi connectivity index (χ3n) is 3.83. The second-order valence-corrected chi connectivity index (χ2v) is 5.56. The van der Waals surface area contributed by atoms with Crippen molar-refractivity contribution in [1.82, 2.24) is 10.6 Å². The SMILES string of the molecule is CC1=C(C(=O)Nc2ccc(F)cc2F)[C@H](c2ccccc2)NC(=O)N1. The predicted octanol–water partition coefficient (Wildman–Crippen LogP) is 3.23. The summed E-state index contributed by atoms with van der Waals surface area (Å²) in [4.78, 5) is 24.5. The minimum atomic E-state index is -0.879. The van der Waals surface area contributed by atoms with Crippen molar-refractivity contribution in [2.24, 2.45) is 0 Å². The van der Waals surface area contributed by atoms with E-state index in [2.05, 4.69) is 16.0 Å². The van der Waals surface area contributed by atoms with Crippen molar-refractivity contribution in [1.29, 1.82) is 0 Å². The van der Waals surface area contributed by atoms with Crippen molar-refractivity contribution in [2.75, 3.05) is 5.32 Å². The Kier molecular flexibility index (Phi) is 4.47. The molecule has 0 spiro atoms. The van der Waals surface area contributed by atoms with Gasteiger partial charge in [-0.3, -0.25) is 4.79 Å². The lowest BCUT2D eigenvalue weighted by molar-refractivity contribution is -0.113. The van der Waals surface area contributed by atoms with Gasteiger partial charge < -0.3 is 16.0 Å². The highest BCUT2D eigenvalue weighted by Gasteiger charge is 2.31. The molecule has 1 atom stereocenters. The molecule has 25 heavy (non-hydrogen) atoms. The Balaban J connectivity index is 1.95. The van der Waals surface area contributed by atoms with Crippen LogP contribution in [-0.4, -0.2) is 11.9 Å². The first-order valence-corrected chi connectivity index (χ1v) is 7.55. The Morgan fingerprint density at radius 3 is 2.52 bits per heavy atom. The number of halogens is 2. The molecule has 2 aromatic carbocycles. The summed E-state index contributed by atoms with van der Waals surface area (Å²) in [5, 5.41) is 7.64. The summed E-state index contributed by atoms with van der Waals surface area (Å²) in [6.45, 7) is 1.59. The van der Waals surface area contributed by atoms with Crippen LogP contribution in [0.2, 0.25) is 0 Å². The maximum Gasteiger partial charge on any atom is 0.319 e. The Labute approximate surface area is 142 Å². The maximum atomic E-state index is 13.8. The average molecular weight is 343 g/mol. The van der Waals surface area contributed by atoms with Crippen LogP contribution in [0.4, 0.5) is 19.3 Å². The number of hydrogen-bond acceptors (Lipinski definition) is 2. The van der Waals surface area contributed by atoms with Crippen LogP contribution < -0.4 is 16.0 Å². The Morgan fingerprint density at radius 2 is 1.84 bits per heavy atom. The number of urea groups is 1. The summed E-state index contributed by atoms with van der Waals surface area (Å²) in [5.74, 6) is -2.21. The molecule has 0 aliphatic carbocycles. The quantitative estimate of drug-likeness (QED) is 0.801. The van der Waals surface area contributed by atoms with Gasteiger partial charge in [-0.15, -0.1) is 0 Å². The van der Waals surface area contributed by atoms with Crippen molar-refractivity contribution in [3.63, 3.8) is 0 Å². The van der Waals surface area contributed by atoms with E-state index in [1.807, 2.05) is 6.07 Å². The first-order valence-electron chi connectivity index (χ1n) is 7.55. The lowest BCUT2D eigenvalue weighted by Gasteiger charge is -2.28. The Morgan fingerprint density at radius 1 is 1.12 bits per heavy atom. The van der Waals surface area contributed by atoms with Crippen molar-refractivity contribution in [2.45, 2.75) is 13.0 Å². The van der Waals surface area contributed by atoms with Crippen molar-refractivity contribution >= 4 is 17.6 Å². The van der Waals surface area contributed by atoms with E-state index < -0.39 is 29.6 Å². The molecule has 0 fully saturated rings. The van der Waals surface area contributed by atoms with Crippen molar-refractivity contribution in [3.8, 4) is 0 Å². The van der Waals surface area contributed by atoms with Crippen LogP contribution in [0.25, 0.3) is 0 Å². The van der Waals surface area contributed by atoms with Gasteiger partial charge in [0.2, 0.25) is 0 Å². The zero-order chi connectivity index (χ0) is 18.0. The summed E-state index contributed by atoms with van der Waals surface area (Å²) in [6.07, 6.45) is 0. The van der Waals surface area contributed by atoms with E-state index >= 15 is 0 Å². The van der Waals surface area contributed by atoms with Gasteiger partial charge in [0.15, 0.2) is 0 Å². The van der Waals surface area contributed by atoms with Crippen molar-refractivity contribution < 1.29 is 18.4 Å². The topological polar surface area (TPSA) is 70.2 Å². The molecule has 0 saturated heterocycles. The highest BCUT2D eigenvalue weighted by atomic mass is 19.1. The summed E-state index contributed by atoms with van der Waals surface area (Å²) in [6, 6.07) is 10.7. The minimum absolute atomic E-state index is 0.143. The third-order valence-corrected chi connectivity index (χ3v) is 3.83. The third kappa shape index (κ3) is 3.50. The van der Waals surface area contributed by atoms with E-state index in [0.717, 1.165) is 12.1 Å². The maximum absolute atomic E-state index is 13.8. The number of anilines is 1. The second kappa shape index (κ2) is 6.72. The number of carbonyl (C=O) groups excluding carboxylic acids is 2. The van der Waals surface area contributed by atoms with Crippen molar-refractivity contribution in [3.05, 3.63) is 77.0 Å². The number of amides is 3. The predicted molar refractivity (Wildman–Crippen MR) is 88.5 cm³/mol. The standard InChI is InChI=1S/C18H15F2N3O2/c1-10-15(17(24)22-14-8-7-12(19)9-13(14)20)16(23-18(25)21-10)11-5-3-2-4-6-11/h2-9,16H,1H3,(H,22,24)(H2,21,23,25)/t16-/m0/s1. The van der Waals surface area contributed by atoms with Gasteiger partial charge in [0.05, 0.1) is 17.3 Å². The number of benzene rings is 2. The fourth-order valence-corrected chi connectivity index (χ4v) is 2.67. The molecule has 0 saturated carbocycles. The largest absolute Gasteiger partial charge is 0.327 e. The van der Waals surface area contributed by atoms with Gasteiger partial charge in [0.1, 0.15) is 11.6 Å². The zero-order valence-electron chi connectivity index (χ0n) is 13.3. The van der Waals surface area contributed by atoms with Gasteiger partial charge in [-0.2, -0.15) is 0 Å². The van der Waals surface area contributed by atoms with Gasteiger partial charge in [-0.05, 0) is 24.6 Å². The van der Waals surface area contributed by atoms with E-state index in [9.17, 15) is 18.4 Å². The van der Waals surface area contributed by atoms with Crippen LogP contribution in [0.1, 0.15) is 18.5 Å². The van der Waals surface area contributed by atoms with Crippen LogP contribution in [0.5, 0.6) is 0 Å². The first-order chi connectivity index (χ1) is 12.0. The van der Waals surface area contributed by atoms with E-state index in [1.54, 1.807) is 31.2 Å². The fraction of sp³-hybridized carbons (Fsp3) is 0.111. The number of allylic oxidation sites excluding steroid dienone is 1. The monoisotopic (exact) mass is 343 g/mol. The molecule has 5 nitrogen and oxygen atoms in total. The molecular formula is C18H15F2N3O2. The first kappa shape index (κ1) is 16.6. The molecule has 0 radical (unpaired) electrons. The van der Waals surface area contributed by atoms with Gasteiger partial charge in [-0.1, -0.05) is 30.3 Å². The molecule has 128 valence electrons. The van der Waals surface area contributed by atoms with Crippen LogP contribution in [-0.2, 0) is 4.79 Å². The van der Waals surface area contributed by atoms with E-state index in [-0.39, 0.29) is 11.3 Å². The molecule has 0 aromatic heterocycles. The normalized spacial score (nSPS) is 16.9. The number of hydrogen-bond donors (Lipinski definition) is 3. The van der Waals surface area contributed by atoms with Gasteiger partial charge in [0, 0.05) is 11.8 Å². The fourth-order valence-electron chi connectivity index (χ4n) is 2.67. The molecule has 0 bridgehead atoms. The Bertz CT molecular complexity index is 866. The molecule has 3 amide bonds. The lowest BCUT2D eigenvalue weighted by atomic mass is 9.95. The van der Waals surface area contributed by atoms with Crippen LogP contribution in [0.15, 0.2) is 59.8 Å². The molecule has 1 heterocycles. The minimum Gasteiger partial charge on any atom is -0.327 e. The molecular weight excluding hydrogens is 328 g/mol. The molecule has 1 aliphatic heterocycles. The summed E-state index contributed by atoms with van der Waals surface area (Å²) < 4.78 is 26.8. The summed E-state index contributed by atoms with van der Waals surface area (Å²) in [5.41, 5.74) is 1.17. The van der Waals surface area contributed by atoms with Crippen LogP contribution in [0, 0.1) is 11.6 Å². The van der Waals surface area contributed by atoms with Crippen LogP contribution in [0.3, 0.4) is 0 Å². The lowest BCUT2D eigenvalue weighted by Crippen LogP contribution is -2.46. The van der Waals surface area contributed by atoms with E-state index in [1.165, 1.54) is 0 Å². The zero-order valence-corrected chi connectivity index (χ0v) is 13.3. The molecule has 1 aliphatic rings. The van der Waals surface area contributed by atoms with E-state index in [4.69, 9.17) is 0 Å². The highest BCUT2D eigenvalue weighted by molar-refractivity contribution is 6.06.